The molecule has 192 valence electrons. The maximum absolute atomic E-state index is 12.4. The van der Waals surface area contributed by atoms with Crippen molar-refractivity contribution in [2.24, 2.45) is 34.5 Å². The number of hydrogen-bond acceptors (Lipinski definition) is 8. The molecule has 4 saturated carbocycles. The Hall–Kier alpha value is -1.07. The lowest BCUT2D eigenvalue weighted by atomic mass is 9.43. The van der Waals surface area contributed by atoms with Crippen molar-refractivity contribution in [3.8, 4) is 0 Å². The van der Waals surface area contributed by atoms with Gasteiger partial charge in [0.05, 0.1) is 24.7 Å². The highest BCUT2D eigenvalue weighted by Crippen LogP contribution is 2.70. The monoisotopic (exact) mass is 482 g/mol. The van der Waals surface area contributed by atoms with Gasteiger partial charge in [-0.25, -0.2) is 0 Å². The van der Waals surface area contributed by atoms with Crippen molar-refractivity contribution in [1.29, 1.82) is 0 Å². The van der Waals surface area contributed by atoms with E-state index in [1.54, 1.807) is 0 Å². The first kappa shape index (κ1) is 24.6. The Morgan fingerprint density at radius 1 is 1.12 bits per heavy atom. The molecule has 0 aromatic heterocycles. The minimum absolute atomic E-state index is 0.0482. The first-order valence-corrected chi connectivity index (χ1v) is 12.6. The van der Waals surface area contributed by atoms with Gasteiger partial charge in [0.2, 0.25) is 0 Å². The van der Waals surface area contributed by atoms with E-state index in [1.165, 1.54) is 0 Å². The number of aliphatic carboxylic acids is 1. The lowest BCUT2D eigenvalue weighted by Crippen LogP contribution is -2.62. The standard InChI is InChI=1S/C25H38O9/c1-11-12-3-4-17-24(2)9-13(33-23-20(29)19(28)18(27)16(10-26)34-23)7-14(22(31)32)15(24)5-6-25(17,8-12)21(11)30/h12-21,23,26-30H,1,3-10H2,2H3,(H,31,32)/t12-,13+,14+,15+,16+,17-,18+,19-,20+,21-,23+,24+,25+/m0/s1. The predicted molar refractivity (Wildman–Crippen MR) is 118 cm³/mol. The third-order valence-electron chi connectivity index (χ3n) is 10.3. The number of aliphatic hydroxyl groups excluding tert-OH is 5. The molecular formula is C25H38O9. The summed E-state index contributed by atoms with van der Waals surface area (Å²) in [5.41, 5.74) is 0.248. The Morgan fingerprint density at radius 3 is 2.53 bits per heavy atom. The fourth-order valence-corrected chi connectivity index (χ4v) is 8.70. The second kappa shape index (κ2) is 8.50. The normalized spacial score (nSPS) is 54.9. The number of fused-ring (bicyclic) bond motifs is 3. The molecule has 0 aromatic carbocycles. The highest BCUT2D eigenvalue weighted by atomic mass is 16.7. The van der Waals surface area contributed by atoms with Gasteiger partial charge in [-0.2, -0.15) is 0 Å². The lowest BCUT2D eigenvalue weighted by Gasteiger charge is -2.62. The Labute approximate surface area is 199 Å². The molecule has 1 saturated heterocycles. The largest absolute Gasteiger partial charge is 0.481 e. The van der Waals surface area contributed by atoms with Gasteiger partial charge in [0.1, 0.15) is 24.4 Å². The molecular weight excluding hydrogens is 444 g/mol. The molecule has 1 spiro atoms. The molecule has 4 aliphatic carbocycles. The molecule has 5 aliphatic rings. The van der Waals surface area contributed by atoms with Crippen molar-refractivity contribution in [2.75, 3.05) is 6.61 Å². The summed E-state index contributed by atoms with van der Waals surface area (Å²) in [7, 11) is 0. The van der Waals surface area contributed by atoms with Crippen molar-refractivity contribution in [3.63, 3.8) is 0 Å². The molecule has 0 unspecified atom stereocenters. The van der Waals surface area contributed by atoms with Crippen molar-refractivity contribution >= 4 is 5.97 Å². The molecule has 6 N–H and O–H groups in total. The van der Waals surface area contributed by atoms with E-state index in [4.69, 9.17) is 9.47 Å². The zero-order chi connectivity index (χ0) is 24.6. The van der Waals surface area contributed by atoms with E-state index in [1.807, 2.05) is 0 Å². The van der Waals surface area contributed by atoms with Crippen LogP contribution in [0.5, 0.6) is 0 Å². The molecule has 0 aromatic rings. The molecule has 0 amide bonds. The third kappa shape index (κ3) is 3.43. The van der Waals surface area contributed by atoms with Gasteiger partial charge in [-0.05, 0) is 73.7 Å². The van der Waals surface area contributed by atoms with Gasteiger partial charge in [-0.15, -0.1) is 0 Å². The number of ether oxygens (including phenoxy) is 2. The smallest absolute Gasteiger partial charge is 0.306 e. The second-order valence-electron chi connectivity index (χ2n) is 11.7. The quantitative estimate of drug-likeness (QED) is 0.247. The fraction of sp³-hybridized carbons (Fsp3) is 0.880. The van der Waals surface area contributed by atoms with Crippen LogP contribution >= 0.6 is 0 Å². The molecule has 5 rings (SSSR count). The number of rotatable bonds is 4. The minimum atomic E-state index is -1.55. The summed E-state index contributed by atoms with van der Waals surface area (Å²) >= 11 is 0. The first-order chi connectivity index (χ1) is 16.0. The van der Waals surface area contributed by atoms with E-state index in [-0.39, 0.29) is 23.7 Å². The minimum Gasteiger partial charge on any atom is -0.481 e. The zero-order valence-corrected chi connectivity index (χ0v) is 19.6. The van der Waals surface area contributed by atoms with E-state index >= 15 is 0 Å². The van der Waals surface area contributed by atoms with Crippen molar-refractivity contribution < 1.29 is 44.9 Å². The van der Waals surface area contributed by atoms with Gasteiger partial charge >= 0.3 is 5.97 Å². The molecule has 5 fully saturated rings. The summed E-state index contributed by atoms with van der Waals surface area (Å²) in [4.78, 5) is 12.4. The van der Waals surface area contributed by atoms with Gasteiger partial charge in [-0.3, -0.25) is 4.79 Å². The second-order valence-corrected chi connectivity index (χ2v) is 11.7. The van der Waals surface area contributed by atoms with Crippen LogP contribution in [0, 0.1) is 34.5 Å². The van der Waals surface area contributed by atoms with Gasteiger partial charge in [0, 0.05) is 5.41 Å². The maximum Gasteiger partial charge on any atom is 0.306 e. The van der Waals surface area contributed by atoms with Gasteiger partial charge in [0.25, 0.3) is 0 Å². The summed E-state index contributed by atoms with van der Waals surface area (Å²) in [6.07, 6.45) is -2.98. The molecule has 13 atom stereocenters. The maximum atomic E-state index is 12.4. The van der Waals surface area contributed by atoms with Crippen molar-refractivity contribution in [3.05, 3.63) is 12.2 Å². The third-order valence-corrected chi connectivity index (χ3v) is 10.3. The van der Waals surface area contributed by atoms with E-state index in [0.29, 0.717) is 12.3 Å². The number of carbonyl (C=O) groups is 1. The summed E-state index contributed by atoms with van der Waals surface area (Å²) in [5, 5.41) is 61.5. The SMILES string of the molecule is C=C1[C@H]2CC[C@H]3[C@]4(C)C[C@H](O[C@@H]5O[C@H](CO)[C@@H](O)[C@H](O)[C@H]5O)C[C@@H](C(=O)O)[C@H]4CC[C@]3(C2)[C@H]1O. The molecule has 2 bridgehead atoms. The molecule has 9 nitrogen and oxygen atoms in total. The highest BCUT2D eigenvalue weighted by molar-refractivity contribution is 5.71. The molecule has 1 aliphatic heterocycles. The van der Waals surface area contributed by atoms with Gasteiger partial charge in [0.15, 0.2) is 6.29 Å². The van der Waals surface area contributed by atoms with Crippen molar-refractivity contribution in [2.45, 2.75) is 94.8 Å². The van der Waals surface area contributed by atoms with Crippen LogP contribution in [-0.4, -0.2) is 86.1 Å². The van der Waals surface area contributed by atoms with Crippen LogP contribution < -0.4 is 0 Å². The Kier molecular flexibility index (Phi) is 6.16. The average molecular weight is 483 g/mol. The highest BCUT2D eigenvalue weighted by Gasteiger charge is 2.66. The van der Waals surface area contributed by atoms with Crippen LogP contribution in [0.1, 0.15) is 51.9 Å². The summed E-state index contributed by atoms with van der Waals surface area (Å²) in [6, 6.07) is 0. The lowest BCUT2D eigenvalue weighted by molar-refractivity contribution is -0.319. The Bertz CT molecular complexity index is 831. The van der Waals surface area contributed by atoms with Crippen LogP contribution in [0.25, 0.3) is 0 Å². The average Bonchev–Trinajstić information content (AvgIpc) is 2.98. The molecule has 34 heavy (non-hydrogen) atoms. The van der Waals surface area contributed by atoms with E-state index in [2.05, 4.69) is 13.5 Å². The molecule has 0 radical (unpaired) electrons. The fourth-order valence-electron chi connectivity index (χ4n) is 8.70. The first-order valence-electron chi connectivity index (χ1n) is 12.6. The predicted octanol–water partition coefficient (Wildman–Crippen LogP) is 0.416. The zero-order valence-electron chi connectivity index (χ0n) is 19.6. The van der Waals surface area contributed by atoms with Crippen LogP contribution in [-0.2, 0) is 14.3 Å². The summed E-state index contributed by atoms with van der Waals surface area (Å²) in [6.45, 7) is 5.76. The van der Waals surface area contributed by atoms with Gasteiger partial charge in [-0.1, -0.05) is 13.5 Å². The summed E-state index contributed by atoms with van der Waals surface area (Å²) < 4.78 is 11.6. The molecule has 1 heterocycles. The Morgan fingerprint density at radius 2 is 1.85 bits per heavy atom. The van der Waals surface area contributed by atoms with E-state index in [9.17, 15) is 35.4 Å². The number of carboxylic acid groups (broad SMARTS) is 1. The number of carboxylic acids is 1. The topological polar surface area (TPSA) is 157 Å². The van der Waals surface area contributed by atoms with E-state index in [0.717, 1.165) is 37.7 Å². The molecule has 9 heteroatoms. The van der Waals surface area contributed by atoms with E-state index < -0.39 is 66.8 Å². The Balaban J connectivity index is 1.43. The van der Waals surface area contributed by atoms with Crippen LogP contribution in [0.3, 0.4) is 0 Å². The number of aliphatic hydroxyl groups is 5. The van der Waals surface area contributed by atoms with Gasteiger partial charge < -0.3 is 40.1 Å². The van der Waals surface area contributed by atoms with Crippen LogP contribution in [0.15, 0.2) is 12.2 Å². The summed E-state index contributed by atoms with van der Waals surface area (Å²) in [5.74, 6) is -1.10. The van der Waals surface area contributed by atoms with Crippen LogP contribution in [0.4, 0.5) is 0 Å². The van der Waals surface area contributed by atoms with Crippen molar-refractivity contribution in [1.82, 2.24) is 0 Å². The number of hydrogen-bond donors (Lipinski definition) is 6. The van der Waals surface area contributed by atoms with Crippen LogP contribution in [0.2, 0.25) is 0 Å².